The second-order valence-electron chi connectivity index (χ2n) is 8.89. The Balaban J connectivity index is 0.00000300. The van der Waals surface area contributed by atoms with Crippen LogP contribution in [0.3, 0.4) is 0 Å². The molecule has 2 aromatic carbocycles. The topological polar surface area (TPSA) is 182 Å². The van der Waals surface area contributed by atoms with Crippen LogP contribution in [0.4, 0.5) is 18.9 Å². The van der Waals surface area contributed by atoms with Gasteiger partial charge in [0.05, 0.1) is 39.8 Å². The predicted molar refractivity (Wildman–Crippen MR) is 138 cm³/mol. The summed E-state index contributed by atoms with van der Waals surface area (Å²) in [5, 5.41) is 8.38. The van der Waals surface area contributed by atoms with E-state index in [0.717, 1.165) is 0 Å². The van der Waals surface area contributed by atoms with Crippen LogP contribution in [0.2, 0.25) is 5.02 Å². The molecule has 0 saturated carbocycles. The first kappa shape index (κ1) is 34.0. The molecule has 0 aliphatic heterocycles. The van der Waals surface area contributed by atoms with E-state index in [9.17, 15) is 32.7 Å². The number of phosphoric acid groups is 1. The summed E-state index contributed by atoms with van der Waals surface area (Å²) in [5.74, 6) is -5.16. The SMILES string of the molecule is [2H]C([2H])(c1cc(F)c(F)cc1F)n1c(=O)n(Cc2ncn(C)n2)c(=O)n(COP(=O)([O-])[O-])c1=Nc1cc2cn(C)nc2cc1Cl.[Na+].[Na+]. The number of benzene rings is 2. The quantitative estimate of drug-likeness (QED) is 0.0872. The minimum absolute atomic E-state index is 0. The molecule has 5 rings (SSSR count). The van der Waals surface area contributed by atoms with Gasteiger partial charge in [-0.25, -0.2) is 41.9 Å². The summed E-state index contributed by atoms with van der Waals surface area (Å²) >= 11 is 6.37. The zero-order valence-electron chi connectivity index (χ0n) is 25.8. The first-order valence-electron chi connectivity index (χ1n) is 12.8. The number of aromatic nitrogens is 8. The second-order valence-corrected chi connectivity index (χ2v) is 10.4. The molecule has 5 aromatic rings. The van der Waals surface area contributed by atoms with Crippen LogP contribution < -0.4 is 85.9 Å². The van der Waals surface area contributed by atoms with Gasteiger partial charge in [-0.2, -0.15) is 10.2 Å². The predicted octanol–water partition coefficient (Wildman–Crippen LogP) is -5.96. The van der Waals surface area contributed by atoms with Crippen LogP contribution in [0, 0.1) is 17.5 Å². The van der Waals surface area contributed by atoms with Crippen LogP contribution in [-0.2, 0) is 43.0 Å². The monoisotopic (exact) mass is 687 g/mol. The van der Waals surface area contributed by atoms with Crippen LogP contribution in [-0.4, -0.2) is 38.2 Å². The standard InChI is InChI=1S/C23H20ClF3N9O6P.2Na/c1-32-7-13-4-19(14(24)5-18(13)30-32)29-21-34(8-12-3-16(26)17(27)6-15(12)25)22(37)35(9-20-28-10-33(2)31-20)23(38)36(21)11-42-43(39,40)41;;/h3-7,10H,8-9,11H2,1-2H3,(H2,39,40,41);;/q;2*+1/p-2/i8D2;;. The molecule has 0 aliphatic rings. The van der Waals surface area contributed by atoms with Crippen molar-refractivity contribution in [3.63, 3.8) is 0 Å². The van der Waals surface area contributed by atoms with E-state index >= 15 is 4.39 Å². The van der Waals surface area contributed by atoms with Crippen LogP contribution >= 0.6 is 19.4 Å². The van der Waals surface area contributed by atoms with Crippen molar-refractivity contribution in [1.29, 1.82) is 0 Å². The Kier molecular flexibility index (Phi) is 11.0. The van der Waals surface area contributed by atoms with Gasteiger partial charge in [0, 0.05) is 37.3 Å². The molecule has 45 heavy (non-hydrogen) atoms. The van der Waals surface area contributed by atoms with Gasteiger partial charge >= 0.3 is 70.5 Å². The van der Waals surface area contributed by atoms with Gasteiger partial charge in [-0.15, -0.1) is 0 Å². The molecule has 0 N–H and O–H groups in total. The number of aryl methyl sites for hydroxylation is 2. The van der Waals surface area contributed by atoms with E-state index in [-0.39, 0.29) is 96.9 Å². The molecule has 0 bridgehead atoms. The van der Waals surface area contributed by atoms with E-state index < -0.39 is 67.6 Å². The molecular weight excluding hydrogens is 668 g/mol. The summed E-state index contributed by atoms with van der Waals surface area (Å²) < 4.78 is 79.6. The summed E-state index contributed by atoms with van der Waals surface area (Å²) in [7, 11) is -2.77. The van der Waals surface area contributed by atoms with Crippen molar-refractivity contribution in [2.24, 2.45) is 19.1 Å². The summed E-state index contributed by atoms with van der Waals surface area (Å²) in [5.41, 5.74) is -5.11. The van der Waals surface area contributed by atoms with Crippen LogP contribution in [0.15, 0.2) is 51.4 Å². The molecular formula is C23H18ClF3N9Na2O6P. The van der Waals surface area contributed by atoms with Gasteiger partial charge in [0.2, 0.25) is 5.62 Å². The molecule has 0 saturated heterocycles. The van der Waals surface area contributed by atoms with E-state index in [0.29, 0.717) is 15.5 Å². The maximum atomic E-state index is 15.0. The number of nitrogens with zero attached hydrogens (tertiary/aromatic N) is 9. The van der Waals surface area contributed by atoms with Gasteiger partial charge < -0.3 is 18.9 Å². The average molecular weight is 688 g/mol. The summed E-state index contributed by atoms with van der Waals surface area (Å²) in [6.45, 7) is -5.71. The Morgan fingerprint density at radius 1 is 0.978 bits per heavy atom. The molecule has 226 valence electrons. The van der Waals surface area contributed by atoms with E-state index in [4.69, 9.17) is 14.3 Å². The van der Waals surface area contributed by atoms with Crippen molar-refractivity contribution < 1.29 is 93.9 Å². The van der Waals surface area contributed by atoms with Crippen molar-refractivity contribution in [3.05, 3.63) is 97.2 Å². The largest absolute Gasteiger partial charge is 1.00 e. The molecule has 0 atom stereocenters. The molecule has 0 unspecified atom stereocenters. The van der Waals surface area contributed by atoms with Gasteiger partial charge in [-0.05, 0) is 18.2 Å². The van der Waals surface area contributed by atoms with Crippen molar-refractivity contribution in [2.45, 2.75) is 19.8 Å². The van der Waals surface area contributed by atoms with Crippen molar-refractivity contribution >= 4 is 36.0 Å². The van der Waals surface area contributed by atoms with Crippen molar-refractivity contribution in [3.8, 4) is 0 Å². The Hall–Kier alpha value is -2.35. The fourth-order valence-electron chi connectivity index (χ4n) is 3.90. The second kappa shape index (κ2) is 14.6. The number of halogens is 4. The van der Waals surface area contributed by atoms with E-state index in [2.05, 4.69) is 24.7 Å². The molecule has 3 heterocycles. The molecule has 0 amide bonds. The van der Waals surface area contributed by atoms with Gasteiger partial charge in [-0.3, -0.25) is 13.9 Å². The number of hydrogen-bond donors (Lipinski definition) is 0. The third kappa shape index (κ3) is 8.33. The summed E-state index contributed by atoms with van der Waals surface area (Å²) in [6, 6.07) is 2.83. The maximum Gasteiger partial charge on any atom is 1.00 e. The molecule has 22 heteroatoms. The Morgan fingerprint density at radius 3 is 2.29 bits per heavy atom. The number of hydrogen-bond acceptors (Lipinski definition) is 10. The number of fused-ring (bicyclic) bond motifs is 1. The van der Waals surface area contributed by atoms with Gasteiger partial charge in [0.15, 0.2) is 17.5 Å². The Labute approximate surface area is 302 Å². The third-order valence-electron chi connectivity index (χ3n) is 5.77. The van der Waals surface area contributed by atoms with Crippen molar-refractivity contribution in [1.82, 2.24) is 38.2 Å². The van der Waals surface area contributed by atoms with E-state index in [1.807, 2.05) is 0 Å². The fourth-order valence-corrected chi connectivity index (χ4v) is 4.36. The summed E-state index contributed by atoms with van der Waals surface area (Å²) in [6.07, 6.45) is 2.74. The van der Waals surface area contributed by atoms with Gasteiger partial charge in [0.1, 0.15) is 18.9 Å². The minimum Gasteiger partial charge on any atom is -0.790 e. The molecule has 0 fully saturated rings. The first-order valence-corrected chi connectivity index (χ1v) is 13.6. The summed E-state index contributed by atoms with van der Waals surface area (Å²) in [4.78, 5) is 58.5. The minimum atomic E-state index is -5.82. The molecule has 15 nitrogen and oxygen atoms in total. The Bertz CT molecular complexity index is 2240. The van der Waals surface area contributed by atoms with Crippen LogP contribution in [0.1, 0.15) is 14.1 Å². The molecule has 0 aliphatic carbocycles. The van der Waals surface area contributed by atoms with Crippen LogP contribution in [0.5, 0.6) is 0 Å². The fraction of sp³-hybridized carbons (Fsp3) is 0.217. The number of phosphoric ester groups is 1. The van der Waals surface area contributed by atoms with Gasteiger partial charge in [0.25, 0.3) is 0 Å². The average Bonchev–Trinajstić information content (AvgIpc) is 3.50. The third-order valence-corrected chi connectivity index (χ3v) is 6.50. The van der Waals surface area contributed by atoms with E-state index in [1.165, 1.54) is 41.1 Å². The zero-order chi connectivity index (χ0) is 33.0. The van der Waals surface area contributed by atoms with Crippen LogP contribution in [0.25, 0.3) is 10.9 Å². The number of rotatable bonds is 8. The maximum absolute atomic E-state index is 15.0. The van der Waals surface area contributed by atoms with Crippen molar-refractivity contribution in [2.75, 3.05) is 0 Å². The zero-order valence-corrected chi connectivity index (χ0v) is 29.5. The smallest absolute Gasteiger partial charge is 0.790 e. The first-order chi connectivity index (χ1) is 21.0. The Morgan fingerprint density at radius 2 is 1.64 bits per heavy atom. The normalized spacial score (nSPS) is 12.9. The molecule has 0 radical (unpaired) electrons. The van der Waals surface area contributed by atoms with Gasteiger partial charge in [-0.1, -0.05) is 11.6 Å². The van der Waals surface area contributed by atoms with E-state index in [1.54, 1.807) is 7.05 Å². The molecule has 3 aromatic heterocycles. The molecule has 0 spiro atoms.